The Kier molecular flexibility index (Phi) is 7.71. The van der Waals surface area contributed by atoms with Crippen LogP contribution in [0.25, 0.3) is 0 Å². The van der Waals surface area contributed by atoms with Crippen LogP contribution in [0, 0.1) is 5.92 Å². The minimum Gasteiger partial charge on any atom is -0.398 e. The van der Waals surface area contributed by atoms with Gasteiger partial charge in [0.2, 0.25) is 5.71 Å². The summed E-state index contributed by atoms with van der Waals surface area (Å²) < 4.78 is 0. The van der Waals surface area contributed by atoms with E-state index in [9.17, 15) is 4.79 Å². The number of nitrogens with zero attached hydrogens (tertiary/aromatic N) is 2. The van der Waals surface area contributed by atoms with Gasteiger partial charge in [-0.15, -0.1) is 11.6 Å². The Labute approximate surface area is 210 Å². The predicted octanol–water partition coefficient (Wildman–Crippen LogP) is 2.76. The summed E-state index contributed by atoms with van der Waals surface area (Å²) in [6.07, 6.45) is 9.35. The number of rotatable bonds is 6. The van der Waals surface area contributed by atoms with Crippen molar-refractivity contribution < 1.29 is 10.2 Å². The van der Waals surface area contributed by atoms with Gasteiger partial charge in [0.05, 0.1) is 10.9 Å². The largest absolute Gasteiger partial charge is 0.398 e. The molecular formula is C26H30Cl2N5O+. The van der Waals surface area contributed by atoms with E-state index in [4.69, 9.17) is 34.3 Å². The second-order valence-electron chi connectivity index (χ2n) is 9.01. The zero-order chi connectivity index (χ0) is 24.2. The van der Waals surface area contributed by atoms with Gasteiger partial charge in [-0.3, -0.25) is 20.1 Å². The average Bonchev–Trinajstić information content (AvgIpc) is 2.83. The number of amides is 1. The summed E-state index contributed by atoms with van der Waals surface area (Å²) >= 11 is 12.7. The fourth-order valence-corrected chi connectivity index (χ4v) is 4.98. The summed E-state index contributed by atoms with van der Waals surface area (Å²) in [5, 5.41) is 10.2. The highest BCUT2D eigenvalue weighted by Crippen LogP contribution is 2.30. The third-order valence-corrected chi connectivity index (χ3v) is 7.30. The molecule has 0 saturated carbocycles. The van der Waals surface area contributed by atoms with Gasteiger partial charge in [-0.05, 0) is 67.3 Å². The van der Waals surface area contributed by atoms with Crippen molar-refractivity contribution in [1.29, 1.82) is 0 Å². The molecule has 6 nitrogen and oxygen atoms in total. The highest BCUT2D eigenvalue weighted by Gasteiger charge is 2.26. The summed E-state index contributed by atoms with van der Waals surface area (Å²) in [5.74, 6) is 0.111. The molecule has 1 aromatic heterocycles. The van der Waals surface area contributed by atoms with Gasteiger partial charge in [0.15, 0.2) is 0 Å². The molecule has 0 radical (unpaired) electrons. The van der Waals surface area contributed by atoms with E-state index in [1.54, 1.807) is 30.6 Å². The number of alkyl halides is 1. The van der Waals surface area contributed by atoms with Gasteiger partial charge in [0.1, 0.15) is 0 Å². The number of pyridine rings is 1. The number of likely N-dealkylation sites (tertiary alicyclic amines) is 1. The lowest BCUT2D eigenvalue weighted by Crippen LogP contribution is -2.48. The molecule has 2 heterocycles. The van der Waals surface area contributed by atoms with Crippen LogP contribution in [-0.4, -0.2) is 52.6 Å². The summed E-state index contributed by atoms with van der Waals surface area (Å²) in [6, 6.07) is 8.89. The first kappa shape index (κ1) is 24.5. The lowest BCUT2D eigenvalue weighted by Gasteiger charge is -2.34. The Morgan fingerprint density at radius 3 is 2.76 bits per heavy atom. The summed E-state index contributed by atoms with van der Waals surface area (Å²) in [7, 11) is 0. The van der Waals surface area contributed by atoms with Crippen molar-refractivity contribution in [2.24, 2.45) is 5.92 Å². The molecule has 3 atom stereocenters. The molecule has 5 N–H and O–H groups in total. The van der Waals surface area contributed by atoms with Crippen molar-refractivity contribution in [2.75, 3.05) is 25.4 Å². The number of aromatic nitrogens is 1. The van der Waals surface area contributed by atoms with Gasteiger partial charge in [0, 0.05) is 53.4 Å². The van der Waals surface area contributed by atoms with E-state index in [1.165, 1.54) is 0 Å². The Bertz CT molecular complexity index is 1130. The number of allylic oxidation sites excluding steroid dienone is 2. The smallest absolute Gasteiger partial charge is 0.251 e. The zero-order valence-electron chi connectivity index (χ0n) is 19.2. The second-order valence-corrected chi connectivity index (χ2v) is 9.92. The first-order valence-electron chi connectivity index (χ1n) is 11.5. The normalized spacial score (nSPS) is 23.1. The number of anilines is 1. The molecule has 1 fully saturated rings. The van der Waals surface area contributed by atoms with E-state index >= 15 is 0 Å². The van der Waals surface area contributed by atoms with Gasteiger partial charge >= 0.3 is 0 Å². The first-order valence-corrected chi connectivity index (χ1v) is 12.3. The number of hydrogen-bond donors (Lipinski definition) is 3. The molecule has 1 aromatic carbocycles. The van der Waals surface area contributed by atoms with E-state index in [-0.39, 0.29) is 23.2 Å². The SMILES string of the molecule is CC1C=C(CN2CCCC(NC(=O)c3ccc(N)c(C(=[NH2+])c4ccncc4)c3)C2)C(Cl)=CC1Cl. The Hall–Kier alpha value is -2.67. The maximum atomic E-state index is 13.1. The molecule has 178 valence electrons. The highest BCUT2D eigenvalue weighted by molar-refractivity contribution is 6.33. The molecule has 34 heavy (non-hydrogen) atoms. The van der Waals surface area contributed by atoms with E-state index in [0.29, 0.717) is 22.5 Å². The van der Waals surface area contributed by atoms with Crippen molar-refractivity contribution >= 4 is 40.5 Å². The number of hydrogen-bond acceptors (Lipinski definition) is 4. The molecule has 2 aliphatic rings. The molecule has 3 unspecified atom stereocenters. The van der Waals surface area contributed by atoms with E-state index < -0.39 is 0 Å². The predicted molar refractivity (Wildman–Crippen MR) is 138 cm³/mol. The number of nitrogens with two attached hydrogens (primary N) is 2. The summed E-state index contributed by atoms with van der Waals surface area (Å²) in [5.41, 5.74) is 10.3. The Morgan fingerprint density at radius 1 is 1.24 bits per heavy atom. The molecule has 2 aromatic rings. The van der Waals surface area contributed by atoms with E-state index in [0.717, 1.165) is 48.6 Å². The van der Waals surface area contributed by atoms with E-state index in [2.05, 4.69) is 28.2 Å². The van der Waals surface area contributed by atoms with Gasteiger partial charge in [0.25, 0.3) is 5.91 Å². The number of carbonyl (C=O) groups excluding carboxylic acids is 1. The molecule has 1 aliphatic heterocycles. The van der Waals surface area contributed by atoms with Crippen LogP contribution in [0.2, 0.25) is 0 Å². The quantitative estimate of drug-likeness (QED) is 0.324. The second kappa shape index (κ2) is 10.7. The molecular weight excluding hydrogens is 469 g/mol. The van der Waals surface area contributed by atoms with E-state index in [1.807, 2.05) is 18.2 Å². The maximum Gasteiger partial charge on any atom is 0.251 e. The minimum absolute atomic E-state index is 0.0499. The van der Waals surface area contributed by atoms with Gasteiger partial charge in [-0.2, -0.15) is 0 Å². The molecule has 8 heteroatoms. The van der Waals surface area contributed by atoms with Crippen LogP contribution in [-0.2, 0) is 0 Å². The molecule has 0 bridgehead atoms. The van der Waals surface area contributed by atoms with Gasteiger partial charge in [-0.25, -0.2) is 0 Å². The lowest BCUT2D eigenvalue weighted by molar-refractivity contribution is -0.111. The van der Waals surface area contributed by atoms with Crippen molar-refractivity contribution in [3.63, 3.8) is 0 Å². The highest BCUT2D eigenvalue weighted by atomic mass is 35.5. The van der Waals surface area contributed by atoms with Gasteiger partial charge < -0.3 is 11.1 Å². The molecule has 0 spiro atoms. The van der Waals surface area contributed by atoms with Crippen molar-refractivity contribution in [3.8, 4) is 0 Å². The average molecular weight is 499 g/mol. The number of nitrogen functional groups attached to an aromatic ring is 1. The number of nitrogens with one attached hydrogen (secondary N) is 1. The number of piperidine rings is 1. The molecule has 4 rings (SSSR count). The first-order chi connectivity index (χ1) is 16.3. The van der Waals surface area contributed by atoms with Crippen LogP contribution >= 0.6 is 23.2 Å². The van der Waals surface area contributed by atoms with Crippen LogP contribution in [0.3, 0.4) is 0 Å². The molecule has 1 aliphatic carbocycles. The topological polar surface area (TPSA) is 96.8 Å². The van der Waals surface area contributed by atoms with Crippen molar-refractivity contribution in [2.45, 2.75) is 31.2 Å². The monoisotopic (exact) mass is 498 g/mol. The van der Waals surface area contributed by atoms with Crippen LogP contribution in [0.15, 0.2) is 65.5 Å². The fourth-order valence-electron chi connectivity index (χ4n) is 4.46. The number of carbonyl (C=O) groups is 1. The van der Waals surface area contributed by atoms with Gasteiger partial charge in [-0.1, -0.05) is 24.6 Å². The number of halogens is 2. The van der Waals surface area contributed by atoms with Crippen LogP contribution < -0.4 is 16.5 Å². The third kappa shape index (κ3) is 5.69. The number of benzene rings is 1. The fraction of sp³-hybridized carbons (Fsp3) is 0.346. The van der Waals surface area contributed by atoms with Crippen molar-refractivity contribution in [3.05, 3.63) is 82.2 Å². The standard InChI is InChI=1S/C26H29Cl2N5O/c1-16-11-19(23(28)13-22(16)27)14-33-10-2-3-20(15-33)32-26(34)18-4-5-24(29)21(12-18)25(30)17-6-8-31-9-7-17/h4-9,11-13,16,20,22,30H,2-3,10,14-15,29H2,1H3,(H,32,34)/p+1. The maximum absolute atomic E-state index is 13.1. The molecule has 1 saturated heterocycles. The van der Waals surface area contributed by atoms with Crippen molar-refractivity contribution in [1.82, 2.24) is 15.2 Å². The minimum atomic E-state index is -0.135. The molecule has 1 amide bonds. The lowest BCUT2D eigenvalue weighted by atomic mass is 9.96. The van der Waals surface area contributed by atoms with Crippen LogP contribution in [0.5, 0.6) is 0 Å². The Balaban J connectivity index is 1.41. The Morgan fingerprint density at radius 2 is 2.00 bits per heavy atom. The summed E-state index contributed by atoms with van der Waals surface area (Å²) in [6.45, 7) is 4.57. The zero-order valence-corrected chi connectivity index (χ0v) is 20.7. The third-order valence-electron chi connectivity index (χ3n) is 6.41. The van der Waals surface area contributed by atoms with Crippen LogP contribution in [0.4, 0.5) is 5.69 Å². The summed E-state index contributed by atoms with van der Waals surface area (Å²) in [4.78, 5) is 19.4. The van der Waals surface area contributed by atoms with Crippen LogP contribution in [0.1, 0.15) is 41.3 Å².